The Hall–Kier alpha value is -3.29. The van der Waals surface area contributed by atoms with Crippen molar-refractivity contribution in [1.29, 1.82) is 0 Å². The normalized spacial score (nSPS) is 18.5. The molecule has 0 unspecified atom stereocenters. The summed E-state index contributed by atoms with van der Waals surface area (Å²) in [7, 11) is 0. The van der Waals surface area contributed by atoms with Crippen LogP contribution in [0.1, 0.15) is 6.42 Å². The summed E-state index contributed by atoms with van der Waals surface area (Å²) in [4.78, 5) is 30.1. The number of anilines is 2. The summed E-state index contributed by atoms with van der Waals surface area (Å²) >= 11 is 0. The number of fused-ring (bicyclic) bond motifs is 1. The molecule has 1 aromatic heterocycles. The van der Waals surface area contributed by atoms with E-state index in [0.717, 1.165) is 5.69 Å². The maximum Gasteiger partial charge on any atom is 0.320 e. The Morgan fingerprint density at radius 1 is 1.15 bits per heavy atom. The highest BCUT2D eigenvalue weighted by Gasteiger charge is 2.32. The first-order valence-corrected chi connectivity index (χ1v) is 8.37. The van der Waals surface area contributed by atoms with Crippen molar-refractivity contribution in [1.82, 2.24) is 10.3 Å². The van der Waals surface area contributed by atoms with Crippen LogP contribution in [-0.4, -0.2) is 42.7 Å². The van der Waals surface area contributed by atoms with Gasteiger partial charge in [0, 0.05) is 30.9 Å². The Balaban J connectivity index is 1.40. The van der Waals surface area contributed by atoms with Crippen LogP contribution in [0.15, 0.2) is 42.6 Å². The third-order valence-electron chi connectivity index (χ3n) is 4.20. The summed E-state index contributed by atoms with van der Waals surface area (Å²) in [6.45, 7) is 1.41. The van der Waals surface area contributed by atoms with Crippen LogP contribution in [0.5, 0.6) is 11.5 Å². The second-order valence-corrected chi connectivity index (χ2v) is 6.05. The Labute approximate surface area is 150 Å². The molecule has 1 aromatic carbocycles. The quantitative estimate of drug-likeness (QED) is 0.876. The van der Waals surface area contributed by atoms with E-state index in [9.17, 15) is 9.59 Å². The highest BCUT2D eigenvalue weighted by molar-refractivity contribution is 5.97. The summed E-state index contributed by atoms with van der Waals surface area (Å²) in [6.07, 6.45) is 1.84. The first-order valence-electron chi connectivity index (χ1n) is 8.37. The van der Waals surface area contributed by atoms with E-state index in [4.69, 9.17) is 9.47 Å². The lowest BCUT2D eigenvalue weighted by molar-refractivity contribution is -0.117. The minimum absolute atomic E-state index is 0.0511. The standard InChI is InChI=1S/C18H18N4O4/c23-17-9-12(20-18(24)21-16-3-1-2-6-19-16)11-22(17)13-4-5-14-15(10-13)26-8-7-25-14/h1-6,10,12H,7-9,11H2,(H2,19,20,21,24)/t12-/m0/s1. The number of urea groups is 1. The van der Waals surface area contributed by atoms with Crippen LogP contribution in [0.25, 0.3) is 0 Å². The summed E-state index contributed by atoms with van der Waals surface area (Å²) in [5.74, 6) is 1.71. The number of nitrogens with zero attached hydrogens (tertiary/aromatic N) is 2. The monoisotopic (exact) mass is 354 g/mol. The highest BCUT2D eigenvalue weighted by atomic mass is 16.6. The van der Waals surface area contributed by atoms with Crippen LogP contribution in [-0.2, 0) is 4.79 Å². The molecule has 1 fully saturated rings. The number of rotatable bonds is 3. The van der Waals surface area contributed by atoms with Gasteiger partial charge in [-0.2, -0.15) is 0 Å². The number of pyridine rings is 1. The van der Waals surface area contributed by atoms with Gasteiger partial charge in [-0.15, -0.1) is 0 Å². The lowest BCUT2D eigenvalue weighted by Crippen LogP contribution is -2.39. The molecule has 4 rings (SSSR count). The number of amides is 3. The second-order valence-electron chi connectivity index (χ2n) is 6.05. The van der Waals surface area contributed by atoms with Crippen molar-refractivity contribution in [2.45, 2.75) is 12.5 Å². The van der Waals surface area contributed by atoms with Gasteiger partial charge < -0.3 is 19.7 Å². The Morgan fingerprint density at radius 2 is 2.00 bits per heavy atom. The lowest BCUT2D eigenvalue weighted by atomic mass is 10.2. The van der Waals surface area contributed by atoms with E-state index in [1.54, 1.807) is 41.4 Å². The third-order valence-corrected chi connectivity index (χ3v) is 4.20. The first-order chi connectivity index (χ1) is 12.7. The Kier molecular flexibility index (Phi) is 4.30. The predicted octanol–water partition coefficient (Wildman–Crippen LogP) is 1.78. The predicted molar refractivity (Wildman–Crippen MR) is 94.6 cm³/mol. The van der Waals surface area contributed by atoms with E-state index in [0.29, 0.717) is 37.1 Å². The van der Waals surface area contributed by atoms with Gasteiger partial charge in [-0.25, -0.2) is 9.78 Å². The van der Waals surface area contributed by atoms with Gasteiger partial charge in [-0.1, -0.05) is 6.07 Å². The number of carbonyl (C=O) groups is 2. The molecular formula is C18H18N4O4. The molecule has 0 spiro atoms. The lowest BCUT2D eigenvalue weighted by Gasteiger charge is -2.22. The number of hydrogen-bond donors (Lipinski definition) is 2. The molecule has 0 saturated carbocycles. The van der Waals surface area contributed by atoms with Gasteiger partial charge in [0.1, 0.15) is 19.0 Å². The van der Waals surface area contributed by atoms with Gasteiger partial charge in [0.05, 0.1) is 6.04 Å². The van der Waals surface area contributed by atoms with Gasteiger partial charge in [-0.3, -0.25) is 10.1 Å². The molecule has 2 aliphatic heterocycles. The Morgan fingerprint density at radius 3 is 2.81 bits per heavy atom. The van der Waals surface area contributed by atoms with E-state index in [1.807, 2.05) is 6.07 Å². The zero-order chi connectivity index (χ0) is 17.9. The molecule has 26 heavy (non-hydrogen) atoms. The zero-order valence-electron chi connectivity index (χ0n) is 14.0. The van der Waals surface area contributed by atoms with Crippen molar-refractivity contribution in [2.75, 3.05) is 30.0 Å². The number of ether oxygens (including phenoxy) is 2. The maximum atomic E-state index is 12.4. The molecule has 0 aliphatic carbocycles. The fourth-order valence-electron chi connectivity index (χ4n) is 3.03. The molecule has 2 aromatic rings. The fourth-order valence-corrected chi connectivity index (χ4v) is 3.03. The van der Waals surface area contributed by atoms with Gasteiger partial charge in [-0.05, 0) is 24.3 Å². The minimum atomic E-state index is -0.384. The average Bonchev–Trinajstić information content (AvgIpc) is 3.02. The molecule has 0 radical (unpaired) electrons. The van der Waals surface area contributed by atoms with Gasteiger partial charge in [0.2, 0.25) is 5.91 Å². The van der Waals surface area contributed by atoms with Crippen molar-refractivity contribution in [2.24, 2.45) is 0 Å². The summed E-state index contributed by atoms with van der Waals surface area (Å²) in [6, 6.07) is 10.00. The van der Waals surface area contributed by atoms with Crippen LogP contribution < -0.4 is 25.0 Å². The average molecular weight is 354 g/mol. The van der Waals surface area contributed by atoms with Crippen molar-refractivity contribution >= 4 is 23.4 Å². The summed E-state index contributed by atoms with van der Waals surface area (Å²) in [5.41, 5.74) is 0.730. The first kappa shape index (κ1) is 16.2. The topological polar surface area (TPSA) is 92.8 Å². The number of carbonyl (C=O) groups excluding carboxylic acids is 2. The smallest absolute Gasteiger partial charge is 0.320 e. The van der Waals surface area contributed by atoms with E-state index < -0.39 is 0 Å². The number of benzene rings is 1. The molecule has 1 atom stereocenters. The molecule has 0 bridgehead atoms. The third kappa shape index (κ3) is 3.39. The molecule has 1 saturated heterocycles. The molecule has 8 nitrogen and oxygen atoms in total. The van der Waals surface area contributed by atoms with Gasteiger partial charge >= 0.3 is 6.03 Å². The van der Waals surface area contributed by atoms with Crippen molar-refractivity contribution in [3.8, 4) is 11.5 Å². The van der Waals surface area contributed by atoms with Crippen LogP contribution in [0.3, 0.4) is 0 Å². The van der Waals surface area contributed by atoms with E-state index >= 15 is 0 Å². The van der Waals surface area contributed by atoms with Gasteiger partial charge in [0.25, 0.3) is 0 Å². The van der Waals surface area contributed by atoms with E-state index in [-0.39, 0.29) is 24.4 Å². The van der Waals surface area contributed by atoms with E-state index in [1.165, 1.54) is 0 Å². The summed E-state index contributed by atoms with van der Waals surface area (Å²) < 4.78 is 11.1. The van der Waals surface area contributed by atoms with Crippen molar-refractivity contribution < 1.29 is 19.1 Å². The fraction of sp³-hybridized carbons (Fsp3) is 0.278. The van der Waals surface area contributed by atoms with Gasteiger partial charge in [0.15, 0.2) is 11.5 Å². The van der Waals surface area contributed by atoms with Crippen LogP contribution in [0, 0.1) is 0 Å². The minimum Gasteiger partial charge on any atom is -0.486 e. The zero-order valence-corrected chi connectivity index (χ0v) is 14.0. The maximum absolute atomic E-state index is 12.4. The molecule has 3 heterocycles. The van der Waals surface area contributed by atoms with Crippen LogP contribution >= 0.6 is 0 Å². The second kappa shape index (κ2) is 6.91. The molecular weight excluding hydrogens is 336 g/mol. The molecule has 2 N–H and O–H groups in total. The van der Waals surface area contributed by atoms with E-state index in [2.05, 4.69) is 15.6 Å². The number of aromatic nitrogens is 1. The molecule has 8 heteroatoms. The molecule has 2 aliphatic rings. The largest absolute Gasteiger partial charge is 0.486 e. The molecule has 3 amide bonds. The van der Waals surface area contributed by atoms with Crippen molar-refractivity contribution in [3.05, 3.63) is 42.6 Å². The van der Waals surface area contributed by atoms with Crippen LogP contribution in [0.4, 0.5) is 16.3 Å². The number of hydrogen-bond acceptors (Lipinski definition) is 5. The Bertz CT molecular complexity index is 827. The summed E-state index contributed by atoms with van der Waals surface area (Å²) in [5, 5.41) is 5.46. The van der Waals surface area contributed by atoms with Crippen molar-refractivity contribution in [3.63, 3.8) is 0 Å². The highest BCUT2D eigenvalue weighted by Crippen LogP contribution is 2.35. The SMILES string of the molecule is O=C(Nc1ccccn1)N[C@H]1CC(=O)N(c2ccc3c(c2)OCCO3)C1. The van der Waals surface area contributed by atoms with Crippen LogP contribution in [0.2, 0.25) is 0 Å². The number of nitrogens with one attached hydrogen (secondary N) is 2. The molecule has 134 valence electrons.